The van der Waals surface area contributed by atoms with E-state index in [1.54, 1.807) is 4.90 Å². The quantitative estimate of drug-likeness (QED) is 0.893. The number of halogens is 3. The molecule has 0 spiro atoms. The fourth-order valence-corrected chi connectivity index (χ4v) is 2.68. The number of benzene rings is 1. The molecule has 0 aromatic heterocycles. The van der Waals surface area contributed by atoms with Crippen LogP contribution in [0, 0.1) is 5.92 Å². The second-order valence-corrected chi connectivity index (χ2v) is 5.82. The number of carbonyl (C=O) groups is 2. The summed E-state index contributed by atoms with van der Waals surface area (Å²) in [6.07, 6.45) is -4.44. The zero-order chi connectivity index (χ0) is 17.9. The minimum Gasteiger partial charge on any atom is -0.383 e. The SMILES string of the molecule is COC[C@@H](C)N1C[C@H](C(=O)Nc2cccc(C(F)(F)F)c2)CC1=O. The van der Waals surface area contributed by atoms with E-state index in [0.29, 0.717) is 6.61 Å². The molecule has 0 unspecified atom stereocenters. The zero-order valence-corrected chi connectivity index (χ0v) is 13.4. The minimum atomic E-state index is -4.48. The van der Waals surface area contributed by atoms with Crippen molar-refractivity contribution in [3.05, 3.63) is 29.8 Å². The van der Waals surface area contributed by atoms with E-state index in [1.165, 1.54) is 19.2 Å². The van der Waals surface area contributed by atoms with Gasteiger partial charge in [0.1, 0.15) is 0 Å². The van der Waals surface area contributed by atoms with Crippen LogP contribution < -0.4 is 5.32 Å². The van der Waals surface area contributed by atoms with Crippen LogP contribution in [0.3, 0.4) is 0 Å². The van der Waals surface area contributed by atoms with Gasteiger partial charge in [0.25, 0.3) is 0 Å². The summed E-state index contributed by atoms with van der Waals surface area (Å²) in [6, 6.07) is 4.26. The van der Waals surface area contributed by atoms with Crippen molar-refractivity contribution in [2.75, 3.05) is 25.6 Å². The highest BCUT2D eigenvalue weighted by Gasteiger charge is 2.37. The zero-order valence-electron chi connectivity index (χ0n) is 13.4. The lowest BCUT2D eigenvalue weighted by molar-refractivity contribution is -0.137. The van der Waals surface area contributed by atoms with E-state index in [4.69, 9.17) is 4.74 Å². The second kappa shape index (κ2) is 7.21. The van der Waals surface area contributed by atoms with Gasteiger partial charge in [-0.05, 0) is 25.1 Å². The van der Waals surface area contributed by atoms with Gasteiger partial charge in [-0.25, -0.2) is 0 Å². The van der Waals surface area contributed by atoms with E-state index in [1.807, 2.05) is 6.92 Å². The molecule has 0 bridgehead atoms. The van der Waals surface area contributed by atoms with Gasteiger partial charge in [-0.15, -0.1) is 0 Å². The van der Waals surface area contributed by atoms with E-state index in [9.17, 15) is 22.8 Å². The molecule has 1 fully saturated rings. The largest absolute Gasteiger partial charge is 0.416 e. The monoisotopic (exact) mass is 344 g/mol. The summed E-state index contributed by atoms with van der Waals surface area (Å²) >= 11 is 0. The van der Waals surface area contributed by atoms with Crippen LogP contribution in [0.15, 0.2) is 24.3 Å². The van der Waals surface area contributed by atoms with Gasteiger partial charge in [0.2, 0.25) is 11.8 Å². The molecular formula is C16H19F3N2O3. The highest BCUT2D eigenvalue weighted by Crippen LogP contribution is 2.31. The summed E-state index contributed by atoms with van der Waals surface area (Å²) in [5.41, 5.74) is -0.774. The van der Waals surface area contributed by atoms with Crippen LogP contribution in [0.1, 0.15) is 18.9 Å². The maximum Gasteiger partial charge on any atom is 0.416 e. The van der Waals surface area contributed by atoms with E-state index in [0.717, 1.165) is 12.1 Å². The Morgan fingerprint density at radius 1 is 1.46 bits per heavy atom. The number of nitrogens with zero attached hydrogens (tertiary/aromatic N) is 1. The first-order valence-electron chi connectivity index (χ1n) is 7.49. The normalized spacial score (nSPS) is 19.5. The summed E-state index contributed by atoms with van der Waals surface area (Å²) in [5.74, 6) is -1.22. The highest BCUT2D eigenvalue weighted by atomic mass is 19.4. The highest BCUT2D eigenvalue weighted by molar-refractivity contribution is 5.97. The molecule has 2 atom stereocenters. The van der Waals surface area contributed by atoms with Crippen molar-refractivity contribution >= 4 is 17.5 Å². The number of methoxy groups -OCH3 is 1. The first-order chi connectivity index (χ1) is 11.2. The minimum absolute atomic E-state index is 0.0405. The topological polar surface area (TPSA) is 58.6 Å². The number of nitrogens with one attached hydrogen (secondary N) is 1. The van der Waals surface area contributed by atoms with Crippen LogP contribution in [-0.4, -0.2) is 43.0 Å². The molecule has 1 N–H and O–H groups in total. The number of ether oxygens (including phenoxy) is 1. The van der Waals surface area contributed by atoms with Gasteiger partial charge in [0.05, 0.1) is 24.1 Å². The summed E-state index contributed by atoms with van der Waals surface area (Å²) in [7, 11) is 1.52. The molecule has 5 nitrogen and oxygen atoms in total. The van der Waals surface area contributed by atoms with Gasteiger partial charge < -0.3 is 15.0 Å². The first-order valence-corrected chi connectivity index (χ1v) is 7.49. The molecule has 1 aliphatic heterocycles. The Hall–Kier alpha value is -2.09. The summed E-state index contributed by atoms with van der Waals surface area (Å²) in [5, 5.41) is 2.46. The molecule has 132 valence electrons. The van der Waals surface area contributed by atoms with Crippen molar-refractivity contribution in [2.24, 2.45) is 5.92 Å². The number of carbonyl (C=O) groups excluding carboxylic acids is 2. The van der Waals surface area contributed by atoms with Gasteiger partial charge in [0.15, 0.2) is 0 Å². The van der Waals surface area contributed by atoms with Crippen LogP contribution in [0.4, 0.5) is 18.9 Å². The van der Waals surface area contributed by atoms with Crippen molar-refractivity contribution in [3.63, 3.8) is 0 Å². The maximum absolute atomic E-state index is 12.7. The van der Waals surface area contributed by atoms with Crippen molar-refractivity contribution in [2.45, 2.75) is 25.6 Å². The van der Waals surface area contributed by atoms with E-state index in [-0.39, 0.29) is 30.6 Å². The maximum atomic E-state index is 12.7. The average Bonchev–Trinajstić information content (AvgIpc) is 2.89. The third-order valence-electron chi connectivity index (χ3n) is 3.93. The van der Waals surface area contributed by atoms with Crippen LogP contribution in [-0.2, 0) is 20.5 Å². The molecular weight excluding hydrogens is 325 g/mol. The molecule has 1 aromatic carbocycles. The first kappa shape index (κ1) is 18.3. The molecule has 0 aliphatic carbocycles. The smallest absolute Gasteiger partial charge is 0.383 e. The van der Waals surface area contributed by atoms with Gasteiger partial charge in [-0.1, -0.05) is 6.07 Å². The molecule has 2 amide bonds. The molecule has 1 aromatic rings. The Balaban J connectivity index is 2.02. The number of alkyl halides is 3. The third kappa shape index (κ3) is 4.25. The molecule has 0 saturated carbocycles. The fraction of sp³-hybridized carbons (Fsp3) is 0.500. The van der Waals surface area contributed by atoms with Crippen LogP contribution >= 0.6 is 0 Å². The van der Waals surface area contributed by atoms with Crippen molar-refractivity contribution in [3.8, 4) is 0 Å². The molecule has 2 rings (SSSR count). The molecule has 1 saturated heterocycles. The number of hydrogen-bond acceptors (Lipinski definition) is 3. The lowest BCUT2D eigenvalue weighted by Gasteiger charge is -2.23. The van der Waals surface area contributed by atoms with Crippen LogP contribution in [0.25, 0.3) is 0 Å². The predicted molar refractivity (Wildman–Crippen MR) is 81.2 cm³/mol. The second-order valence-electron chi connectivity index (χ2n) is 5.82. The lowest BCUT2D eigenvalue weighted by atomic mass is 10.1. The molecule has 1 aliphatic rings. The van der Waals surface area contributed by atoms with Gasteiger partial charge >= 0.3 is 6.18 Å². The molecule has 0 radical (unpaired) electrons. The number of anilines is 1. The Bertz CT molecular complexity index is 619. The van der Waals surface area contributed by atoms with Crippen molar-refractivity contribution < 1.29 is 27.5 Å². The van der Waals surface area contributed by atoms with Crippen molar-refractivity contribution in [1.82, 2.24) is 4.90 Å². The number of likely N-dealkylation sites (tertiary alicyclic amines) is 1. The van der Waals surface area contributed by atoms with Crippen LogP contribution in [0.2, 0.25) is 0 Å². The fourth-order valence-electron chi connectivity index (χ4n) is 2.68. The van der Waals surface area contributed by atoms with E-state index in [2.05, 4.69) is 5.32 Å². The molecule has 24 heavy (non-hydrogen) atoms. The summed E-state index contributed by atoms with van der Waals surface area (Å²) < 4.78 is 43.1. The molecule has 8 heteroatoms. The Labute approximate surface area is 137 Å². The summed E-state index contributed by atoms with van der Waals surface area (Å²) in [4.78, 5) is 25.8. The predicted octanol–water partition coefficient (Wildman–Crippen LogP) is 2.53. The Kier molecular flexibility index (Phi) is 5.48. The average molecular weight is 344 g/mol. The number of amides is 2. The number of rotatable bonds is 5. The van der Waals surface area contributed by atoms with Gasteiger partial charge in [-0.2, -0.15) is 13.2 Å². The molecule has 1 heterocycles. The van der Waals surface area contributed by atoms with E-state index >= 15 is 0 Å². The lowest BCUT2D eigenvalue weighted by Crippen LogP contribution is -2.38. The van der Waals surface area contributed by atoms with Gasteiger partial charge in [0, 0.05) is 25.8 Å². The third-order valence-corrected chi connectivity index (χ3v) is 3.93. The number of hydrogen-bond donors (Lipinski definition) is 1. The van der Waals surface area contributed by atoms with Crippen LogP contribution in [0.5, 0.6) is 0 Å². The van der Waals surface area contributed by atoms with Crippen molar-refractivity contribution in [1.29, 1.82) is 0 Å². The van der Waals surface area contributed by atoms with Gasteiger partial charge in [-0.3, -0.25) is 9.59 Å². The Morgan fingerprint density at radius 2 is 2.17 bits per heavy atom. The Morgan fingerprint density at radius 3 is 2.79 bits per heavy atom. The summed E-state index contributed by atoms with van der Waals surface area (Å²) in [6.45, 7) is 2.40. The van der Waals surface area contributed by atoms with E-state index < -0.39 is 23.6 Å². The standard InChI is InChI=1S/C16H19F3N2O3/c1-10(9-24-2)21-8-11(6-14(21)22)15(23)20-13-5-3-4-12(7-13)16(17,18)19/h3-5,7,10-11H,6,8-9H2,1-2H3,(H,20,23)/t10-,11-/m1/s1.